The zero-order chi connectivity index (χ0) is 16.0. The predicted octanol–water partition coefficient (Wildman–Crippen LogP) is 2.00. The van der Waals surface area contributed by atoms with E-state index in [2.05, 4.69) is 15.7 Å². The molecule has 2 aliphatic heterocycles. The minimum absolute atomic E-state index is 0.0355. The highest BCUT2D eigenvalue weighted by Crippen LogP contribution is 2.37. The first-order chi connectivity index (χ1) is 11.2. The van der Waals surface area contributed by atoms with Gasteiger partial charge in [0.05, 0.1) is 22.3 Å². The van der Waals surface area contributed by atoms with Crippen LogP contribution in [0.15, 0.2) is 18.2 Å². The molecule has 3 heterocycles. The van der Waals surface area contributed by atoms with E-state index in [9.17, 15) is 4.79 Å². The van der Waals surface area contributed by atoms with Gasteiger partial charge in [0.25, 0.3) is 5.91 Å². The number of hydrogen-bond donors (Lipinski definition) is 3. The Morgan fingerprint density at radius 1 is 1.39 bits per heavy atom. The second kappa shape index (κ2) is 5.54. The van der Waals surface area contributed by atoms with Crippen LogP contribution in [0.1, 0.15) is 34.0 Å². The topological polar surface area (TPSA) is 85.0 Å². The van der Waals surface area contributed by atoms with E-state index in [-0.39, 0.29) is 11.8 Å². The Morgan fingerprint density at radius 2 is 2.26 bits per heavy atom. The molecule has 6 nitrogen and oxygen atoms in total. The molecule has 120 valence electrons. The summed E-state index contributed by atoms with van der Waals surface area (Å²) in [7, 11) is 0. The third-order valence-corrected chi connectivity index (χ3v) is 4.94. The van der Waals surface area contributed by atoms with Crippen LogP contribution in [0, 0.1) is 0 Å². The van der Waals surface area contributed by atoms with E-state index in [1.54, 1.807) is 0 Å². The van der Waals surface area contributed by atoms with Crippen LogP contribution in [0.3, 0.4) is 0 Å². The summed E-state index contributed by atoms with van der Waals surface area (Å²) in [5.74, 6) is 0.178. The van der Waals surface area contributed by atoms with Crippen molar-refractivity contribution >= 4 is 29.0 Å². The van der Waals surface area contributed by atoms with Gasteiger partial charge in [-0.1, -0.05) is 23.7 Å². The maximum Gasteiger partial charge on any atom is 0.254 e. The fourth-order valence-corrected chi connectivity index (χ4v) is 3.73. The largest absolute Gasteiger partial charge is 0.384 e. The van der Waals surface area contributed by atoms with Crippen LogP contribution in [0.2, 0.25) is 5.02 Å². The number of para-hydroxylation sites is 1. The summed E-state index contributed by atoms with van der Waals surface area (Å²) < 4.78 is 1.50. The van der Waals surface area contributed by atoms with Crippen molar-refractivity contribution in [2.24, 2.45) is 0 Å². The first-order valence-electron chi connectivity index (χ1n) is 7.80. The van der Waals surface area contributed by atoms with Gasteiger partial charge in [-0.25, -0.2) is 4.68 Å². The van der Waals surface area contributed by atoms with Gasteiger partial charge in [-0.15, -0.1) is 5.10 Å². The molecule has 0 aliphatic carbocycles. The van der Waals surface area contributed by atoms with E-state index in [1.165, 1.54) is 4.68 Å². The highest BCUT2D eigenvalue weighted by molar-refractivity contribution is 6.33. The SMILES string of the molecule is Nc1nn(C(=O)[C@H]2CCNc3c(Cl)cccc32)c2c1CCNC2. The molecule has 1 aromatic carbocycles. The smallest absolute Gasteiger partial charge is 0.254 e. The number of anilines is 2. The van der Waals surface area contributed by atoms with Crippen LogP contribution in [0.5, 0.6) is 0 Å². The van der Waals surface area contributed by atoms with Gasteiger partial charge in [0.2, 0.25) is 0 Å². The molecule has 1 aromatic heterocycles. The molecule has 0 radical (unpaired) electrons. The summed E-state index contributed by atoms with van der Waals surface area (Å²) >= 11 is 6.25. The third kappa shape index (κ3) is 2.29. The van der Waals surface area contributed by atoms with Crippen LogP contribution in [-0.4, -0.2) is 28.8 Å². The van der Waals surface area contributed by atoms with Crippen LogP contribution in [-0.2, 0) is 13.0 Å². The van der Waals surface area contributed by atoms with Crippen LogP contribution < -0.4 is 16.4 Å². The number of fused-ring (bicyclic) bond motifs is 2. The van der Waals surface area contributed by atoms with Crippen molar-refractivity contribution in [3.8, 4) is 0 Å². The summed E-state index contributed by atoms with van der Waals surface area (Å²) in [6, 6.07) is 5.66. The summed E-state index contributed by atoms with van der Waals surface area (Å²) in [5, 5.41) is 11.5. The number of nitrogens with one attached hydrogen (secondary N) is 2. The molecule has 2 aliphatic rings. The van der Waals surface area contributed by atoms with Gasteiger partial charge in [0.15, 0.2) is 0 Å². The minimum atomic E-state index is -0.254. The normalized spacial score (nSPS) is 19.6. The molecule has 0 unspecified atom stereocenters. The fraction of sp³-hybridized carbons (Fsp3) is 0.375. The van der Waals surface area contributed by atoms with Gasteiger partial charge in [-0.2, -0.15) is 0 Å². The van der Waals surface area contributed by atoms with E-state index in [4.69, 9.17) is 17.3 Å². The fourth-order valence-electron chi connectivity index (χ4n) is 3.48. The van der Waals surface area contributed by atoms with E-state index >= 15 is 0 Å². The Balaban J connectivity index is 1.76. The maximum atomic E-state index is 13.1. The van der Waals surface area contributed by atoms with Crippen molar-refractivity contribution in [3.05, 3.63) is 40.0 Å². The Bertz CT molecular complexity index is 785. The first kappa shape index (κ1) is 14.5. The van der Waals surface area contributed by atoms with Crippen molar-refractivity contribution in [2.45, 2.75) is 25.3 Å². The number of benzene rings is 1. The summed E-state index contributed by atoms with van der Waals surface area (Å²) in [5.41, 5.74) is 9.67. The van der Waals surface area contributed by atoms with Crippen LogP contribution in [0.25, 0.3) is 0 Å². The lowest BCUT2D eigenvalue weighted by Gasteiger charge is -2.27. The van der Waals surface area contributed by atoms with Crippen molar-refractivity contribution in [2.75, 3.05) is 24.1 Å². The average molecular weight is 332 g/mol. The van der Waals surface area contributed by atoms with E-state index in [0.29, 0.717) is 30.4 Å². The number of aromatic nitrogens is 2. The highest BCUT2D eigenvalue weighted by Gasteiger charge is 2.32. The quantitative estimate of drug-likeness (QED) is 0.744. The zero-order valence-corrected chi connectivity index (χ0v) is 13.4. The molecular weight excluding hydrogens is 314 g/mol. The zero-order valence-electron chi connectivity index (χ0n) is 12.6. The Kier molecular flexibility index (Phi) is 3.50. The predicted molar refractivity (Wildman–Crippen MR) is 90.0 cm³/mol. The molecule has 0 amide bonds. The summed E-state index contributed by atoms with van der Waals surface area (Å²) in [4.78, 5) is 13.1. The molecule has 4 rings (SSSR count). The molecule has 0 saturated heterocycles. The summed E-state index contributed by atoms with van der Waals surface area (Å²) in [6.45, 7) is 2.20. The number of nitrogens with zero attached hydrogens (tertiary/aromatic N) is 2. The number of halogens is 1. The van der Waals surface area contributed by atoms with Crippen molar-refractivity contribution < 1.29 is 4.79 Å². The maximum absolute atomic E-state index is 13.1. The molecule has 0 bridgehead atoms. The van der Waals surface area contributed by atoms with Crippen LogP contribution in [0.4, 0.5) is 11.5 Å². The molecule has 0 saturated carbocycles. The monoisotopic (exact) mass is 331 g/mol. The number of rotatable bonds is 1. The second-order valence-corrected chi connectivity index (χ2v) is 6.37. The lowest BCUT2D eigenvalue weighted by atomic mass is 9.90. The van der Waals surface area contributed by atoms with Crippen molar-refractivity contribution in [1.82, 2.24) is 15.1 Å². The molecular formula is C16H18ClN5O. The molecule has 2 aromatic rings. The minimum Gasteiger partial charge on any atom is -0.384 e. The third-order valence-electron chi connectivity index (χ3n) is 4.63. The standard InChI is InChI=1S/C16H18ClN5O/c17-12-3-1-2-9-10(5-7-20-14(9)12)16(23)22-13-8-19-6-4-11(13)15(18)21-22/h1-3,10,19-20H,4-8H2,(H2,18,21)/t10-/m0/s1. The van der Waals surface area contributed by atoms with Crippen molar-refractivity contribution in [3.63, 3.8) is 0 Å². The second-order valence-electron chi connectivity index (χ2n) is 5.96. The Hall–Kier alpha value is -2.05. The van der Waals surface area contributed by atoms with Gasteiger partial charge >= 0.3 is 0 Å². The van der Waals surface area contributed by atoms with Gasteiger partial charge in [0.1, 0.15) is 5.82 Å². The van der Waals surface area contributed by atoms with Gasteiger partial charge in [-0.05, 0) is 31.0 Å². The van der Waals surface area contributed by atoms with Gasteiger partial charge < -0.3 is 16.4 Å². The average Bonchev–Trinajstić information content (AvgIpc) is 2.92. The Morgan fingerprint density at radius 3 is 3.13 bits per heavy atom. The first-order valence-corrected chi connectivity index (χ1v) is 8.18. The van der Waals surface area contributed by atoms with E-state index < -0.39 is 0 Å². The lowest BCUT2D eigenvalue weighted by molar-refractivity contribution is 0.0852. The van der Waals surface area contributed by atoms with E-state index in [0.717, 1.165) is 35.5 Å². The van der Waals surface area contributed by atoms with Gasteiger partial charge in [0, 0.05) is 18.7 Å². The molecule has 1 atom stereocenters. The number of carbonyl (C=O) groups excluding carboxylic acids is 1. The lowest BCUT2D eigenvalue weighted by Crippen LogP contribution is -2.31. The number of nitrogen functional groups attached to an aromatic ring is 1. The number of hydrogen-bond acceptors (Lipinski definition) is 5. The van der Waals surface area contributed by atoms with E-state index in [1.807, 2.05) is 18.2 Å². The van der Waals surface area contributed by atoms with Gasteiger partial charge in [-0.3, -0.25) is 4.79 Å². The van der Waals surface area contributed by atoms with Crippen LogP contribution >= 0.6 is 11.6 Å². The molecule has 0 fully saturated rings. The number of nitrogens with two attached hydrogens (primary N) is 1. The molecule has 23 heavy (non-hydrogen) atoms. The Labute approximate surface area is 139 Å². The highest BCUT2D eigenvalue weighted by atomic mass is 35.5. The number of carbonyl (C=O) groups is 1. The molecule has 4 N–H and O–H groups in total. The summed E-state index contributed by atoms with van der Waals surface area (Å²) in [6.07, 6.45) is 1.53. The molecule has 7 heteroatoms. The van der Waals surface area contributed by atoms with Crippen molar-refractivity contribution in [1.29, 1.82) is 0 Å². The molecule has 0 spiro atoms.